The van der Waals surface area contributed by atoms with Crippen molar-refractivity contribution in [3.8, 4) is 0 Å². The molecule has 188 valence electrons. The average molecular weight is 482 g/mol. The fourth-order valence-electron chi connectivity index (χ4n) is 4.30. The van der Waals surface area contributed by atoms with Gasteiger partial charge in [-0.2, -0.15) is 0 Å². The maximum absolute atomic E-state index is 13.3. The molecule has 2 heterocycles. The van der Waals surface area contributed by atoms with Gasteiger partial charge in [-0.15, -0.1) is 0 Å². The number of nitrogens with zero attached hydrogens (tertiary/aromatic N) is 2. The Bertz CT molecular complexity index is 1060. The maximum atomic E-state index is 13.3. The lowest BCUT2D eigenvalue weighted by Crippen LogP contribution is -2.55. The number of rotatable bonds is 12. The van der Waals surface area contributed by atoms with Crippen molar-refractivity contribution in [2.24, 2.45) is 11.1 Å². The molecule has 0 saturated carbocycles. The van der Waals surface area contributed by atoms with E-state index in [4.69, 9.17) is 4.84 Å². The number of nitrogens with one attached hydrogen (secondary N) is 2. The zero-order valence-electron chi connectivity index (χ0n) is 20.7. The summed E-state index contributed by atoms with van der Waals surface area (Å²) in [7, 11) is -1.68. The number of unbranched alkanes of at least 4 members (excludes halogenated alkanes) is 2. The molecule has 4 N–H and O–H groups in total. The van der Waals surface area contributed by atoms with Crippen molar-refractivity contribution in [3.05, 3.63) is 42.2 Å². The van der Waals surface area contributed by atoms with Gasteiger partial charge in [0.2, 0.25) is 5.60 Å². The van der Waals surface area contributed by atoms with E-state index in [-0.39, 0.29) is 24.8 Å². The third-order valence-electron chi connectivity index (χ3n) is 6.18. The van der Waals surface area contributed by atoms with Gasteiger partial charge in [-0.25, -0.2) is 0 Å². The molecule has 0 aliphatic carbocycles. The van der Waals surface area contributed by atoms with Gasteiger partial charge < -0.3 is 25.5 Å². The summed E-state index contributed by atoms with van der Waals surface area (Å²) in [5.74, 6) is -1.41. The number of amides is 2. The van der Waals surface area contributed by atoms with Crippen LogP contribution in [0, 0.1) is 5.92 Å². The van der Waals surface area contributed by atoms with Crippen LogP contribution < -0.4 is 10.6 Å². The zero-order valence-corrected chi connectivity index (χ0v) is 20.7. The minimum Gasteiger partial charge on any atom is -0.426 e. The van der Waals surface area contributed by atoms with Gasteiger partial charge in [0.25, 0.3) is 11.8 Å². The van der Waals surface area contributed by atoms with Gasteiger partial charge in [-0.05, 0) is 36.6 Å². The van der Waals surface area contributed by atoms with Gasteiger partial charge in [-0.3, -0.25) is 14.6 Å². The summed E-state index contributed by atoms with van der Waals surface area (Å²) in [6.07, 6.45) is 5.32. The summed E-state index contributed by atoms with van der Waals surface area (Å²) in [5, 5.41) is 30.9. The summed E-state index contributed by atoms with van der Waals surface area (Å²) in [6, 6.07) is 9.37. The van der Waals surface area contributed by atoms with Crippen LogP contribution >= 0.6 is 0 Å². The monoisotopic (exact) mass is 482 g/mol. The van der Waals surface area contributed by atoms with E-state index in [0.717, 1.165) is 30.0 Å². The number of carbonyl (C=O) groups excluding carboxylic acids is 2. The minimum atomic E-state index is -1.68. The molecule has 10 heteroatoms. The zero-order chi connectivity index (χ0) is 25.4. The van der Waals surface area contributed by atoms with Crippen LogP contribution in [-0.4, -0.2) is 57.8 Å². The first kappa shape index (κ1) is 26.6. The van der Waals surface area contributed by atoms with Crippen molar-refractivity contribution in [1.82, 2.24) is 15.6 Å². The lowest BCUT2D eigenvalue weighted by atomic mass is 9.74. The van der Waals surface area contributed by atoms with Crippen LogP contribution in [0.4, 0.5) is 0 Å². The second-order valence-corrected chi connectivity index (χ2v) is 9.56. The number of oxime groups is 1. The van der Waals surface area contributed by atoms with Crippen molar-refractivity contribution in [2.75, 3.05) is 6.54 Å². The summed E-state index contributed by atoms with van der Waals surface area (Å²) in [5.41, 5.74) is -0.380. The Kier molecular flexibility index (Phi) is 9.23. The van der Waals surface area contributed by atoms with Crippen molar-refractivity contribution >= 4 is 35.4 Å². The van der Waals surface area contributed by atoms with E-state index >= 15 is 0 Å². The number of pyridine rings is 1. The molecule has 2 aromatic rings. The summed E-state index contributed by atoms with van der Waals surface area (Å²) >= 11 is 0. The highest BCUT2D eigenvalue weighted by atomic mass is 16.7. The number of carbonyl (C=O) groups is 2. The largest absolute Gasteiger partial charge is 0.475 e. The third kappa shape index (κ3) is 6.79. The molecule has 0 fully saturated rings. The van der Waals surface area contributed by atoms with E-state index in [1.807, 2.05) is 44.2 Å². The number of hydrogen-bond acceptors (Lipinski definition) is 7. The molecule has 35 heavy (non-hydrogen) atoms. The number of fused-ring (bicyclic) bond motifs is 1. The summed E-state index contributed by atoms with van der Waals surface area (Å²) < 4.78 is 0. The van der Waals surface area contributed by atoms with E-state index in [1.54, 1.807) is 6.20 Å². The molecule has 1 aliphatic heterocycles. The van der Waals surface area contributed by atoms with Gasteiger partial charge >= 0.3 is 7.12 Å². The van der Waals surface area contributed by atoms with Crippen molar-refractivity contribution in [2.45, 2.75) is 70.8 Å². The number of hydrogen-bond donors (Lipinski definition) is 4. The lowest BCUT2D eigenvalue weighted by Gasteiger charge is -2.29. The van der Waals surface area contributed by atoms with Gasteiger partial charge in [0.1, 0.15) is 5.69 Å². The van der Waals surface area contributed by atoms with Gasteiger partial charge in [0, 0.05) is 18.0 Å². The SMILES string of the molecule is CCCCCC1(C(=O)N[C@@H](CC(C)C)B(O)O)CC(CNC(=O)c2nccc3ccccc23)=NO1. The minimum absolute atomic E-state index is 0.116. The summed E-state index contributed by atoms with van der Waals surface area (Å²) in [4.78, 5) is 36.1. The Morgan fingerprint density at radius 3 is 2.69 bits per heavy atom. The molecule has 3 rings (SSSR count). The molecule has 1 aliphatic rings. The first-order valence-corrected chi connectivity index (χ1v) is 12.3. The van der Waals surface area contributed by atoms with Crippen LogP contribution in [0.15, 0.2) is 41.7 Å². The maximum Gasteiger partial charge on any atom is 0.475 e. The van der Waals surface area contributed by atoms with E-state index in [0.29, 0.717) is 24.2 Å². The smallest absolute Gasteiger partial charge is 0.426 e. The van der Waals surface area contributed by atoms with Crippen LogP contribution in [0.1, 0.15) is 69.8 Å². The van der Waals surface area contributed by atoms with Crippen LogP contribution in [-0.2, 0) is 9.63 Å². The third-order valence-corrected chi connectivity index (χ3v) is 6.18. The summed E-state index contributed by atoms with van der Waals surface area (Å²) in [6.45, 7) is 6.07. The first-order chi connectivity index (χ1) is 16.8. The van der Waals surface area contributed by atoms with Gasteiger partial charge in [-0.1, -0.05) is 63.0 Å². The topological polar surface area (TPSA) is 133 Å². The molecule has 1 aromatic carbocycles. The van der Waals surface area contributed by atoms with Gasteiger partial charge in [0.15, 0.2) is 0 Å². The molecule has 2 atom stereocenters. The number of benzene rings is 1. The van der Waals surface area contributed by atoms with E-state index in [2.05, 4.69) is 27.7 Å². The average Bonchev–Trinajstić information content (AvgIpc) is 3.26. The van der Waals surface area contributed by atoms with Crippen LogP contribution in [0.3, 0.4) is 0 Å². The van der Waals surface area contributed by atoms with Crippen molar-refractivity contribution in [1.29, 1.82) is 0 Å². The Labute approximate surface area is 206 Å². The van der Waals surface area contributed by atoms with E-state index in [1.165, 1.54) is 0 Å². The highest BCUT2D eigenvalue weighted by Crippen LogP contribution is 2.31. The molecule has 0 radical (unpaired) electrons. The Morgan fingerprint density at radius 2 is 1.97 bits per heavy atom. The van der Waals surface area contributed by atoms with E-state index in [9.17, 15) is 19.6 Å². The quantitative estimate of drug-likeness (QED) is 0.272. The molecular formula is C25H35BN4O5. The lowest BCUT2D eigenvalue weighted by molar-refractivity contribution is -0.145. The van der Waals surface area contributed by atoms with Crippen LogP contribution in [0.5, 0.6) is 0 Å². The molecule has 1 unspecified atom stereocenters. The molecule has 2 amide bonds. The Balaban J connectivity index is 1.67. The number of aromatic nitrogens is 1. The Morgan fingerprint density at radius 1 is 1.20 bits per heavy atom. The second kappa shape index (κ2) is 12.1. The van der Waals surface area contributed by atoms with Crippen LogP contribution in [0.2, 0.25) is 0 Å². The fraction of sp³-hybridized carbons (Fsp3) is 0.520. The Hall–Kier alpha value is -2.98. The second-order valence-electron chi connectivity index (χ2n) is 9.56. The van der Waals surface area contributed by atoms with Crippen LogP contribution in [0.25, 0.3) is 10.8 Å². The standard InChI is InChI=1S/C25H35BN4O5/c1-4-5-8-12-25(24(32)29-21(26(33)34)14-17(2)3)15-19(30-35-25)16-28-23(31)22-20-10-7-6-9-18(20)11-13-27-22/h6-7,9-11,13,17,21,33-34H,4-5,8,12,14-16H2,1-3H3,(H,28,31)(H,29,32)/t21-,25?/m0/s1. The van der Waals surface area contributed by atoms with Crippen molar-refractivity contribution in [3.63, 3.8) is 0 Å². The molecular weight excluding hydrogens is 447 g/mol. The molecule has 0 saturated heterocycles. The molecule has 0 bridgehead atoms. The first-order valence-electron chi connectivity index (χ1n) is 12.3. The highest BCUT2D eigenvalue weighted by molar-refractivity contribution is 6.43. The molecule has 1 aromatic heterocycles. The molecule has 0 spiro atoms. The van der Waals surface area contributed by atoms with Crippen molar-refractivity contribution < 1.29 is 24.5 Å². The fourth-order valence-corrected chi connectivity index (χ4v) is 4.30. The van der Waals surface area contributed by atoms with Gasteiger partial charge in [0.05, 0.1) is 18.2 Å². The highest BCUT2D eigenvalue weighted by Gasteiger charge is 2.47. The normalized spacial score (nSPS) is 18.2. The van der Waals surface area contributed by atoms with E-state index < -0.39 is 24.6 Å². The predicted octanol–water partition coefficient (Wildman–Crippen LogP) is 2.60. The predicted molar refractivity (Wildman–Crippen MR) is 136 cm³/mol. The molecule has 9 nitrogen and oxygen atoms in total.